The lowest BCUT2D eigenvalue weighted by molar-refractivity contribution is 0.0560. The van der Waals surface area contributed by atoms with E-state index in [1.807, 2.05) is 0 Å². The number of allylic oxidation sites excluding steroid dienone is 2. The highest BCUT2D eigenvalue weighted by atomic mass is 16.5. The molecule has 0 radical (unpaired) electrons. The van der Waals surface area contributed by atoms with Gasteiger partial charge < -0.3 is 4.74 Å². The Bertz CT molecular complexity index is 123. The molecule has 0 aromatic heterocycles. The number of ether oxygens (including phenoxy) is 1. The summed E-state index contributed by atoms with van der Waals surface area (Å²) in [6.07, 6.45) is 6.94. The maximum absolute atomic E-state index is 5.30. The van der Waals surface area contributed by atoms with E-state index in [1.165, 1.54) is 12.8 Å². The SMILES string of the molecule is C/C=C/C(C)C1CCOCC1. The molecule has 1 nitrogen and oxygen atoms in total. The first-order valence-electron chi connectivity index (χ1n) is 4.55. The Balaban J connectivity index is 2.32. The summed E-state index contributed by atoms with van der Waals surface area (Å²) >= 11 is 0. The molecule has 0 aliphatic carbocycles. The highest BCUT2D eigenvalue weighted by Crippen LogP contribution is 2.24. The van der Waals surface area contributed by atoms with Gasteiger partial charge in [-0.3, -0.25) is 0 Å². The van der Waals surface area contributed by atoms with Crippen molar-refractivity contribution in [1.29, 1.82) is 0 Å². The molecule has 1 heteroatoms. The van der Waals surface area contributed by atoms with Gasteiger partial charge in [-0.2, -0.15) is 0 Å². The van der Waals surface area contributed by atoms with E-state index < -0.39 is 0 Å². The van der Waals surface area contributed by atoms with Gasteiger partial charge in [0.05, 0.1) is 0 Å². The highest BCUT2D eigenvalue weighted by molar-refractivity contribution is 4.87. The molecule has 0 spiro atoms. The van der Waals surface area contributed by atoms with Crippen LogP contribution in [0.25, 0.3) is 0 Å². The zero-order chi connectivity index (χ0) is 8.10. The summed E-state index contributed by atoms with van der Waals surface area (Å²) in [4.78, 5) is 0. The predicted octanol–water partition coefficient (Wildman–Crippen LogP) is 2.63. The van der Waals surface area contributed by atoms with Crippen molar-refractivity contribution < 1.29 is 4.74 Å². The molecule has 1 aliphatic heterocycles. The Hall–Kier alpha value is -0.300. The highest BCUT2D eigenvalue weighted by Gasteiger charge is 2.17. The van der Waals surface area contributed by atoms with Crippen LogP contribution in [0.4, 0.5) is 0 Å². The number of rotatable bonds is 2. The van der Waals surface area contributed by atoms with E-state index in [4.69, 9.17) is 4.74 Å². The second-order valence-electron chi connectivity index (χ2n) is 3.33. The van der Waals surface area contributed by atoms with E-state index in [0.29, 0.717) is 0 Å². The lowest BCUT2D eigenvalue weighted by atomic mass is 9.87. The van der Waals surface area contributed by atoms with Crippen molar-refractivity contribution >= 4 is 0 Å². The third-order valence-electron chi connectivity index (χ3n) is 2.51. The molecule has 0 bridgehead atoms. The molecule has 1 rings (SSSR count). The largest absolute Gasteiger partial charge is 0.381 e. The van der Waals surface area contributed by atoms with Crippen LogP contribution in [0, 0.1) is 11.8 Å². The van der Waals surface area contributed by atoms with Gasteiger partial charge in [-0.25, -0.2) is 0 Å². The molecule has 1 unspecified atom stereocenters. The Kier molecular flexibility index (Phi) is 3.64. The molecule has 11 heavy (non-hydrogen) atoms. The molecule has 1 saturated heterocycles. The first-order valence-corrected chi connectivity index (χ1v) is 4.55. The van der Waals surface area contributed by atoms with E-state index in [1.54, 1.807) is 0 Å². The van der Waals surface area contributed by atoms with Gasteiger partial charge in [0.2, 0.25) is 0 Å². The van der Waals surface area contributed by atoms with Crippen molar-refractivity contribution in [2.45, 2.75) is 26.7 Å². The smallest absolute Gasteiger partial charge is 0.0468 e. The summed E-state index contributed by atoms with van der Waals surface area (Å²) in [5.74, 6) is 1.60. The topological polar surface area (TPSA) is 9.23 Å². The summed E-state index contributed by atoms with van der Waals surface area (Å²) in [6, 6.07) is 0. The maximum atomic E-state index is 5.30. The molecule has 0 amide bonds. The average molecular weight is 154 g/mol. The van der Waals surface area contributed by atoms with Crippen molar-refractivity contribution in [3.8, 4) is 0 Å². The zero-order valence-corrected chi connectivity index (χ0v) is 7.55. The van der Waals surface area contributed by atoms with Crippen LogP contribution in [-0.2, 0) is 4.74 Å². The van der Waals surface area contributed by atoms with Crippen LogP contribution in [-0.4, -0.2) is 13.2 Å². The molecule has 64 valence electrons. The van der Waals surface area contributed by atoms with Gasteiger partial charge >= 0.3 is 0 Å². The standard InChI is InChI=1S/C10H18O/c1-3-4-9(2)10-5-7-11-8-6-10/h3-4,9-10H,5-8H2,1-2H3/b4-3+. The monoisotopic (exact) mass is 154 g/mol. The normalized spacial score (nSPS) is 24.2. The van der Waals surface area contributed by atoms with Gasteiger partial charge in [0.1, 0.15) is 0 Å². The summed E-state index contributed by atoms with van der Waals surface area (Å²) < 4.78 is 5.30. The Morgan fingerprint density at radius 1 is 1.36 bits per heavy atom. The van der Waals surface area contributed by atoms with Crippen molar-refractivity contribution in [2.75, 3.05) is 13.2 Å². The van der Waals surface area contributed by atoms with E-state index in [2.05, 4.69) is 26.0 Å². The molecule has 0 aromatic rings. The molecule has 1 fully saturated rings. The number of hydrogen-bond acceptors (Lipinski definition) is 1. The third kappa shape index (κ3) is 2.66. The first-order chi connectivity index (χ1) is 5.34. The average Bonchev–Trinajstić information content (AvgIpc) is 2.07. The van der Waals surface area contributed by atoms with Gasteiger partial charge in [-0.05, 0) is 31.6 Å². The molecule has 1 heterocycles. The van der Waals surface area contributed by atoms with Gasteiger partial charge in [0.15, 0.2) is 0 Å². The van der Waals surface area contributed by atoms with Crippen molar-refractivity contribution in [1.82, 2.24) is 0 Å². The lowest BCUT2D eigenvalue weighted by Gasteiger charge is -2.25. The van der Waals surface area contributed by atoms with Crippen LogP contribution in [0.5, 0.6) is 0 Å². The molecule has 1 atom stereocenters. The Morgan fingerprint density at radius 3 is 2.55 bits per heavy atom. The van der Waals surface area contributed by atoms with E-state index in [0.717, 1.165) is 25.0 Å². The van der Waals surface area contributed by atoms with E-state index in [9.17, 15) is 0 Å². The molecular formula is C10H18O. The first kappa shape index (κ1) is 8.79. The minimum atomic E-state index is 0.740. The van der Waals surface area contributed by atoms with Crippen LogP contribution in [0.3, 0.4) is 0 Å². The molecule has 1 aliphatic rings. The third-order valence-corrected chi connectivity index (χ3v) is 2.51. The minimum absolute atomic E-state index is 0.740. The Labute approximate surface area is 69.4 Å². The van der Waals surface area contributed by atoms with Gasteiger partial charge in [0, 0.05) is 13.2 Å². The fourth-order valence-corrected chi connectivity index (χ4v) is 1.70. The van der Waals surface area contributed by atoms with Crippen molar-refractivity contribution in [3.05, 3.63) is 12.2 Å². The summed E-state index contributed by atoms with van der Waals surface area (Å²) in [5.41, 5.74) is 0. The maximum Gasteiger partial charge on any atom is 0.0468 e. The van der Waals surface area contributed by atoms with Crippen molar-refractivity contribution in [3.63, 3.8) is 0 Å². The lowest BCUT2D eigenvalue weighted by Crippen LogP contribution is -2.20. The van der Waals surface area contributed by atoms with Crippen LogP contribution in [0.1, 0.15) is 26.7 Å². The fraction of sp³-hybridized carbons (Fsp3) is 0.800. The molecule has 0 saturated carbocycles. The molecule has 0 aromatic carbocycles. The Morgan fingerprint density at radius 2 is 2.00 bits per heavy atom. The van der Waals surface area contributed by atoms with Gasteiger partial charge in [0.25, 0.3) is 0 Å². The second kappa shape index (κ2) is 4.55. The summed E-state index contributed by atoms with van der Waals surface area (Å²) in [7, 11) is 0. The van der Waals surface area contributed by atoms with Gasteiger partial charge in [-0.15, -0.1) is 0 Å². The van der Waals surface area contributed by atoms with E-state index in [-0.39, 0.29) is 0 Å². The number of hydrogen-bond donors (Lipinski definition) is 0. The van der Waals surface area contributed by atoms with Crippen molar-refractivity contribution in [2.24, 2.45) is 11.8 Å². The summed E-state index contributed by atoms with van der Waals surface area (Å²) in [5, 5.41) is 0. The second-order valence-corrected chi connectivity index (χ2v) is 3.33. The zero-order valence-electron chi connectivity index (χ0n) is 7.55. The van der Waals surface area contributed by atoms with Crippen LogP contribution in [0.2, 0.25) is 0 Å². The van der Waals surface area contributed by atoms with E-state index >= 15 is 0 Å². The quantitative estimate of drug-likeness (QED) is 0.555. The fourth-order valence-electron chi connectivity index (χ4n) is 1.70. The predicted molar refractivity (Wildman–Crippen MR) is 47.5 cm³/mol. The van der Waals surface area contributed by atoms with Crippen LogP contribution in [0.15, 0.2) is 12.2 Å². The van der Waals surface area contributed by atoms with Gasteiger partial charge in [-0.1, -0.05) is 19.1 Å². The van der Waals surface area contributed by atoms with Crippen LogP contribution >= 0.6 is 0 Å². The summed E-state index contributed by atoms with van der Waals surface area (Å²) in [6.45, 7) is 6.32. The van der Waals surface area contributed by atoms with Crippen LogP contribution < -0.4 is 0 Å². The molecule has 0 N–H and O–H groups in total. The minimum Gasteiger partial charge on any atom is -0.381 e. The molecular weight excluding hydrogens is 136 g/mol.